The zero-order valence-corrected chi connectivity index (χ0v) is 25.7. The number of aromatic nitrogens is 1. The maximum atomic E-state index is 13.8. The van der Waals surface area contributed by atoms with Gasteiger partial charge in [-0.1, -0.05) is 18.2 Å². The highest BCUT2D eigenvalue weighted by Gasteiger charge is 2.47. The predicted octanol–water partition coefficient (Wildman–Crippen LogP) is 7.78. The van der Waals surface area contributed by atoms with Gasteiger partial charge in [0.1, 0.15) is 11.9 Å². The second-order valence-corrected chi connectivity index (χ2v) is 13.1. The van der Waals surface area contributed by atoms with Gasteiger partial charge in [0.05, 0.1) is 16.1 Å². The molecule has 7 nitrogen and oxygen atoms in total. The molecule has 0 radical (unpaired) electrons. The van der Waals surface area contributed by atoms with Crippen LogP contribution >= 0.6 is 11.3 Å². The lowest BCUT2D eigenvalue weighted by Crippen LogP contribution is -2.42. The van der Waals surface area contributed by atoms with Crippen LogP contribution in [0.2, 0.25) is 0 Å². The van der Waals surface area contributed by atoms with Crippen molar-refractivity contribution in [1.29, 1.82) is 0 Å². The quantitative estimate of drug-likeness (QED) is 0.208. The number of Topliss-reactive ketones (excluding diaryl/α,β-unsaturated/α-hetero) is 1. The summed E-state index contributed by atoms with van der Waals surface area (Å²) in [5.41, 5.74) is 3.62. The summed E-state index contributed by atoms with van der Waals surface area (Å²) >= 11 is 1.50. The number of hydrogen-bond acceptors (Lipinski definition) is 6. The highest BCUT2D eigenvalue weighted by atomic mass is 32.1. The number of anilines is 3. The van der Waals surface area contributed by atoms with Gasteiger partial charge in [0.15, 0.2) is 5.78 Å². The molecule has 11 heteroatoms. The summed E-state index contributed by atoms with van der Waals surface area (Å²) in [5.74, 6) is -0.0769. The Hall–Kier alpha value is -4.51. The zero-order chi connectivity index (χ0) is 32.0. The molecule has 0 spiro atoms. The molecule has 1 N–H and O–H groups in total. The number of pyridine rings is 1. The van der Waals surface area contributed by atoms with Gasteiger partial charge in [0.2, 0.25) is 0 Å². The van der Waals surface area contributed by atoms with E-state index in [9.17, 15) is 27.6 Å². The number of rotatable bonds is 7. The predicted molar refractivity (Wildman–Crippen MR) is 172 cm³/mol. The molecule has 1 aliphatic carbocycles. The number of halogens is 3. The summed E-state index contributed by atoms with van der Waals surface area (Å²) in [5, 5.41) is 2.75. The molecule has 7 rings (SSSR count). The number of hydrogen-bond donors (Lipinski definition) is 1. The van der Waals surface area contributed by atoms with E-state index >= 15 is 0 Å². The average Bonchev–Trinajstić information content (AvgIpc) is 3.57. The van der Waals surface area contributed by atoms with Crippen LogP contribution in [0.25, 0.3) is 10.4 Å². The van der Waals surface area contributed by atoms with Crippen LogP contribution in [0.3, 0.4) is 0 Å². The number of alkyl halides is 3. The molecular weight excluding hydrogens is 613 g/mol. The van der Waals surface area contributed by atoms with E-state index in [-0.39, 0.29) is 36.0 Å². The Kier molecular flexibility index (Phi) is 7.88. The van der Waals surface area contributed by atoms with Gasteiger partial charge in [0.25, 0.3) is 11.8 Å². The summed E-state index contributed by atoms with van der Waals surface area (Å²) in [6.45, 7) is 0.596. The Bertz CT molecular complexity index is 1820. The van der Waals surface area contributed by atoms with E-state index in [0.29, 0.717) is 43.0 Å². The van der Waals surface area contributed by atoms with Crippen molar-refractivity contribution in [1.82, 2.24) is 4.98 Å². The molecule has 1 atom stereocenters. The van der Waals surface area contributed by atoms with Crippen molar-refractivity contribution in [2.24, 2.45) is 5.92 Å². The number of fused-ring (bicyclic) bond motifs is 3. The third kappa shape index (κ3) is 5.91. The van der Waals surface area contributed by atoms with E-state index < -0.39 is 18.1 Å². The minimum Gasteiger partial charge on any atom is -0.344 e. The normalized spacial score (nSPS) is 17.7. The monoisotopic (exact) mass is 644 g/mol. The van der Waals surface area contributed by atoms with E-state index in [0.717, 1.165) is 44.3 Å². The average molecular weight is 645 g/mol. The van der Waals surface area contributed by atoms with Crippen molar-refractivity contribution < 1.29 is 27.6 Å². The number of benzene rings is 2. The molecule has 2 aromatic carbocycles. The molecule has 2 aromatic heterocycles. The third-order valence-corrected chi connectivity index (χ3v) is 10.1. The van der Waals surface area contributed by atoms with Crippen LogP contribution < -0.4 is 15.1 Å². The van der Waals surface area contributed by atoms with Crippen molar-refractivity contribution >= 4 is 46.1 Å². The van der Waals surface area contributed by atoms with Crippen LogP contribution in [0.15, 0.2) is 72.9 Å². The molecule has 0 unspecified atom stereocenters. The van der Waals surface area contributed by atoms with Gasteiger partial charge in [-0.05, 0) is 92.1 Å². The Labute approximate surface area is 268 Å². The lowest BCUT2D eigenvalue weighted by Gasteiger charge is -2.28. The second-order valence-electron chi connectivity index (χ2n) is 12.1. The number of amides is 2. The first-order valence-corrected chi connectivity index (χ1v) is 16.3. The van der Waals surface area contributed by atoms with E-state index in [1.165, 1.54) is 29.7 Å². The van der Waals surface area contributed by atoms with Crippen LogP contribution in [-0.4, -0.2) is 47.9 Å². The molecule has 2 amide bonds. The molecule has 4 heterocycles. The fourth-order valence-corrected chi connectivity index (χ4v) is 7.54. The van der Waals surface area contributed by atoms with Crippen LogP contribution in [0, 0.1) is 5.92 Å². The number of nitrogens with one attached hydrogen (secondary N) is 1. The minimum absolute atomic E-state index is 0.000586. The number of thiophene rings is 1. The lowest BCUT2D eigenvalue weighted by molar-refractivity contribution is -0.146. The number of carbonyl (C=O) groups excluding carboxylic acids is 3. The summed E-state index contributed by atoms with van der Waals surface area (Å²) in [7, 11) is 0. The Balaban J connectivity index is 1.08. The first kappa shape index (κ1) is 30.2. The van der Waals surface area contributed by atoms with Crippen LogP contribution in [0.5, 0.6) is 0 Å². The van der Waals surface area contributed by atoms with Crippen molar-refractivity contribution in [3.05, 3.63) is 94.5 Å². The molecular formula is C35H31F3N4O3S. The van der Waals surface area contributed by atoms with Gasteiger partial charge in [0, 0.05) is 47.4 Å². The zero-order valence-electron chi connectivity index (χ0n) is 24.8. The summed E-state index contributed by atoms with van der Waals surface area (Å²) in [6, 6.07) is 17.5. The van der Waals surface area contributed by atoms with E-state index in [1.807, 2.05) is 30.3 Å². The molecule has 3 aliphatic rings. The summed E-state index contributed by atoms with van der Waals surface area (Å²) in [4.78, 5) is 48.8. The number of nitrogens with zero attached hydrogens (tertiary/aromatic N) is 3. The summed E-state index contributed by atoms with van der Waals surface area (Å²) in [6.07, 6.45) is 0.716. The molecule has 1 saturated heterocycles. The Morgan fingerprint density at radius 1 is 0.957 bits per heavy atom. The number of carbonyl (C=O) groups is 3. The first-order valence-electron chi connectivity index (χ1n) is 15.4. The van der Waals surface area contributed by atoms with Gasteiger partial charge in [-0.3, -0.25) is 14.4 Å². The van der Waals surface area contributed by atoms with Gasteiger partial charge in [-0.2, -0.15) is 13.2 Å². The number of ketones is 1. The third-order valence-electron chi connectivity index (χ3n) is 8.87. The molecule has 2 aliphatic heterocycles. The Morgan fingerprint density at radius 2 is 1.74 bits per heavy atom. The fraction of sp³-hybridized carbons (Fsp3) is 0.314. The summed E-state index contributed by atoms with van der Waals surface area (Å²) < 4.78 is 40.9. The minimum atomic E-state index is -4.43. The van der Waals surface area contributed by atoms with E-state index in [1.54, 1.807) is 29.2 Å². The number of para-hydroxylation sites is 1. The molecule has 2 fully saturated rings. The smallest absolute Gasteiger partial charge is 0.344 e. The first-order chi connectivity index (χ1) is 22.2. The fourth-order valence-electron chi connectivity index (χ4n) is 6.34. The van der Waals surface area contributed by atoms with Crippen molar-refractivity contribution in [3.8, 4) is 10.4 Å². The molecule has 1 saturated carbocycles. The van der Waals surface area contributed by atoms with E-state index in [4.69, 9.17) is 0 Å². The highest BCUT2D eigenvalue weighted by Crippen LogP contribution is 2.43. The standard InChI is InChI=1S/C35H31F3N4O3S/c36-35(37,38)30-8-4-17-42(30)32-26(6-3-16-39-32)33(44)40-24-13-11-22(12-14-24)34(45)41-18-15-23-20-29(28(43)19-21-9-10-21)46-31(23)25-5-1-2-7-27(25)41/h1-3,5-7,11-14,16,20-21,30H,4,8-10,15,17-19H2,(H,40,44)/t30-/m0/s1. The second kappa shape index (κ2) is 12.0. The SMILES string of the molecule is O=C(CC1CC1)c1cc2c(s1)-c1ccccc1N(C(=O)c1ccc(NC(=O)c3cccnc3N3CCC[C@H]3C(F)(F)F)cc1)CC2. The van der Waals surface area contributed by atoms with Crippen LogP contribution in [0.4, 0.5) is 30.4 Å². The van der Waals surface area contributed by atoms with Gasteiger partial charge >= 0.3 is 6.18 Å². The van der Waals surface area contributed by atoms with Crippen molar-refractivity contribution in [2.45, 2.75) is 50.7 Å². The van der Waals surface area contributed by atoms with Crippen molar-refractivity contribution in [2.75, 3.05) is 28.2 Å². The van der Waals surface area contributed by atoms with Crippen LogP contribution in [0.1, 0.15) is 68.1 Å². The van der Waals surface area contributed by atoms with Crippen LogP contribution in [-0.2, 0) is 6.42 Å². The molecule has 0 bridgehead atoms. The van der Waals surface area contributed by atoms with Gasteiger partial charge in [-0.25, -0.2) is 4.98 Å². The maximum absolute atomic E-state index is 13.8. The van der Waals surface area contributed by atoms with E-state index in [2.05, 4.69) is 10.3 Å². The topological polar surface area (TPSA) is 82.6 Å². The van der Waals surface area contributed by atoms with Crippen molar-refractivity contribution in [3.63, 3.8) is 0 Å². The largest absolute Gasteiger partial charge is 0.408 e. The molecule has 4 aromatic rings. The lowest BCUT2D eigenvalue weighted by atomic mass is 10.1. The Morgan fingerprint density at radius 3 is 2.50 bits per heavy atom. The molecule has 46 heavy (non-hydrogen) atoms. The maximum Gasteiger partial charge on any atom is 0.408 e. The van der Waals surface area contributed by atoms with Gasteiger partial charge in [-0.15, -0.1) is 11.3 Å². The highest BCUT2D eigenvalue weighted by molar-refractivity contribution is 7.17. The molecule has 236 valence electrons. The van der Waals surface area contributed by atoms with Gasteiger partial charge < -0.3 is 15.1 Å².